The number of nitrogens with zero attached hydrogens (tertiary/aromatic N) is 1. The number of thiophene rings is 1. The van der Waals surface area contributed by atoms with E-state index in [0.29, 0.717) is 10.6 Å². The van der Waals surface area contributed by atoms with Gasteiger partial charge in [-0.25, -0.2) is 5.43 Å². The molecule has 2 heterocycles. The number of carbonyl (C=O) groups is 1. The molecule has 7 heteroatoms. The van der Waals surface area contributed by atoms with Gasteiger partial charge in [-0.1, -0.05) is 19.1 Å². The van der Waals surface area contributed by atoms with E-state index in [1.165, 1.54) is 17.8 Å². The SMILES string of the molecule is CCc1ccc(OCc2ccc(C(=O)NN=Cc3ccc(F)s3)o2)cc1. The highest BCUT2D eigenvalue weighted by Gasteiger charge is 2.11. The van der Waals surface area contributed by atoms with Gasteiger partial charge in [-0.05, 0) is 48.4 Å². The third kappa shape index (κ3) is 4.80. The summed E-state index contributed by atoms with van der Waals surface area (Å²) in [5.41, 5.74) is 3.57. The van der Waals surface area contributed by atoms with Crippen LogP contribution in [-0.2, 0) is 13.0 Å². The van der Waals surface area contributed by atoms with Gasteiger partial charge in [-0.3, -0.25) is 4.79 Å². The molecular formula is C19H17FN2O3S. The van der Waals surface area contributed by atoms with Gasteiger partial charge in [0.1, 0.15) is 18.1 Å². The van der Waals surface area contributed by atoms with Crippen molar-refractivity contribution in [2.75, 3.05) is 0 Å². The third-order valence-electron chi connectivity index (χ3n) is 3.55. The van der Waals surface area contributed by atoms with Gasteiger partial charge in [0.15, 0.2) is 10.9 Å². The molecule has 3 rings (SSSR count). The molecule has 0 spiro atoms. The lowest BCUT2D eigenvalue weighted by Crippen LogP contribution is -2.16. The molecule has 2 aromatic heterocycles. The summed E-state index contributed by atoms with van der Waals surface area (Å²) in [7, 11) is 0. The second kappa shape index (κ2) is 8.44. The molecule has 1 N–H and O–H groups in total. The zero-order chi connectivity index (χ0) is 18.4. The fourth-order valence-corrected chi connectivity index (χ4v) is 2.76. The van der Waals surface area contributed by atoms with E-state index in [1.807, 2.05) is 24.3 Å². The van der Waals surface area contributed by atoms with Crippen molar-refractivity contribution >= 4 is 23.5 Å². The first-order valence-electron chi connectivity index (χ1n) is 8.03. The van der Waals surface area contributed by atoms with E-state index in [9.17, 15) is 9.18 Å². The van der Waals surface area contributed by atoms with Crippen LogP contribution in [0.1, 0.15) is 33.7 Å². The molecule has 134 valence electrons. The molecule has 0 atom stereocenters. The summed E-state index contributed by atoms with van der Waals surface area (Å²) in [6.45, 7) is 2.31. The highest BCUT2D eigenvalue weighted by Crippen LogP contribution is 2.16. The minimum absolute atomic E-state index is 0.124. The Labute approximate surface area is 154 Å². The Morgan fingerprint density at radius 3 is 2.73 bits per heavy atom. The minimum atomic E-state index is -0.489. The molecule has 26 heavy (non-hydrogen) atoms. The monoisotopic (exact) mass is 372 g/mol. The number of nitrogens with one attached hydrogen (secondary N) is 1. The number of benzene rings is 1. The maximum absolute atomic E-state index is 12.9. The smallest absolute Gasteiger partial charge is 0.307 e. The van der Waals surface area contributed by atoms with Gasteiger partial charge in [-0.15, -0.1) is 11.3 Å². The Bertz CT molecular complexity index is 900. The van der Waals surface area contributed by atoms with Gasteiger partial charge in [0.05, 0.1) is 11.1 Å². The van der Waals surface area contributed by atoms with E-state index in [1.54, 1.807) is 18.2 Å². The number of amides is 1. The molecule has 0 aliphatic carbocycles. The lowest BCUT2D eigenvalue weighted by atomic mass is 10.2. The first kappa shape index (κ1) is 17.9. The number of hydrazone groups is 1. The van der Waals surface area contributed by atoms with Crippen LogP contribution in [0.3, 0.4) is 0 Å². The number of aryl methyl sites for hydroxylation is 1. The summed E-state index contributed by atoms with van der Waals surface area (Å²) in [5.74, 6) is 0.896. The standard InChI is InChI=1S/C19H17FN2O3S/c1-2-13-3-5-14(6-4-13)24-12-15-7-9-17(25-15)19(23)22-21-11-16-8-10-18(20)26-16/h3-11H,2,12H2,1H3,(H,22,23). The van der Waals surface area contributed by atoms with Crippen molar-refractivity contribution < 1.29 is 18.3 Å². The molecule has 0 unspecified atom stereocenters. The van der Waals surface area contributed by atoms with Gasteiger partial charge in [0.2, 0.25) is 0 Å². The Hall–Kier alpha value is -2.93. The van der Waals surface area contributed by atoms with Crippen LogP contribution in [0.2, 0.25) is 0 Å². The Morgan fingerprint density at radius 2 is 2.04 bits per heavy atom. The van der Waals surface area contributed by atoms with Crippen LogP contribution in [0.4, 0.5) is 4.39 Å². The predicted molar refractivity (Wildman–Crippen MR) is 98.2 cm³/mol. The van der Waals surface area contributed by atoms with Crippen molar-refractivity contribution in [1.82, 2.24) is 5.43 Å². The van der Waals surface area contributed by atoms with Crippen molar-refractivity contribution in [2.45, 2.75) is 20.0 Å². The fraction of sp³-hybridized carbons (Fsp3) is 0.158. The molecule has 5 nitrogen and oxygen atoms in total. The summed E-state index contributed by atoms with van der Waals surface area (Å²) in [6, 6.07) is 14.0. The van der Waals surface area contributed by atoms with E-state index in [0.717, 1.165) is 23.5 Å². The van der Waals surface area contributed by atoms with Gasteiger partial charge >= 0.3 is 5.91 Å². The van der Waals surface area contributed by atoms with Crippen LogP contribution in [0.15, 0.2) is 58.0 Å². The normalized spacial score (nSPS) is 11.0. The van der Waals surface area contributed by atoms with Crippen LogP contribution in [0.5, 0.6) is 5.75 Å². The fourth-order valence-electron chi connectivity index (χ4n) is 2.16. The van der Waals surface area contributed by atoms with Crippen LogP contribution in [-0.4, -0.2) is 12.1 Å². The number of carbonyl (C=O) groups excluding carboxylic acids is 1. The molecule has 3 aromatic rings. The molecule has 0 saturated heterocycles. The molecule has 0 radical (unpaired) electrons. The molecule has 0 bridgehead atoms. The van der Waals surface area contributed by atoms with Gasteiger partial charge in [-0.2, -0.15) is 9.49 Å². The topological polar surface area (TPSA) is 63.8 Å². The van der Waals surface area contributed by atoms with Crippen LogP contribution in [0, 0.1) is 5.13 Å². The van der Waals surface area contributed by atoms with Crippen molar-refractivity contribution in [2.24, 2.45) is 5.10 Å². The molecule has 0 aliphatic rings. The summed E-state index contributed by atoms with van der Waals surface area (Å²) < 4.78 is 23.9. The van der Waals surface area contributed by atoms with E-state index in [4.69, 9.17) is 9.15 Å². The van der Waals surface area contributed by atoms with Gasteiger partial charge in [0, 0.05) is 0 Å². The molecule has 0 fully saturated rings. The van der Waals surface area contributed by atoms with E-state index < -0.39 is 5.91 Å². The van der Waals surface area contributed by atoms with E-state index in [-0.39, 0.29) is 17.5 Å². The predicted octanol–water partition coefficient (Wildman–Crippen LogP) is 4.39. The zero-order valence-electron chi connectivity index (χ0n) is 14.1. The average Bonchev–Trinajstić information content (AvgIpc) is 3.29. The molecule has 0 aliphatic heterocycles. The van der Waals surface area contributed by atoms with Crippen LogP contribution in [0.25, 0.3) is 0 Å². The number of hydrogen-bond acceptors (Lipinski definition) is 5. The Balaban J connectivity index is 1.51. The van der Waals surface area contributed by atoms with E-state index >= 15 is 0 Å². The number of halogens is 1. The Morgan fingerprint density at radius 1 is 1.23 bits per heavy atom. The molecular weight excluding hydrogens is 355 g/mol. The van der Waals surface area contributed by atoms with Crippen LogP contribution >= 0.6 is 11.3 Å². The lowest BCUT2D eigenvalue weighted by molar-refractivity contribution is 0.0923. The van der Waals surface area contributed by atoms with Crippen molar-refractivity contribution in [3.8, 4) is 5.75 Å². The highest BCUT2D eigenvalue weighted by atomic mass is 32.1. The first-order chi connectivity index (χ1) is 12.6. The number of ether oxygens (including phenoxy) is 1. The minimum Gasteiger partial charge on any atom is -0.486 e. The third-order valence-corrected chi connectivity index (χ3v) is 4.36. The number of hydrogen-bond donors (Lipinski definition) is 1. The first-order valence-corrected chi connectivity index (χ1v) is 8.85. The van der Waals surface area contributed by atoms with Gasteiger partial charge < -0.3 is 9.15 Å². The maximum atomic E-state index is 12.9. The highest BCUT2D eigenvalue weighted by molar-refractivity contribution is 7.12. The second-order valence-electron chi connectivity index (χ2n) is 5.39. The quantitative estimate of drug-likeness (QED) is 0.494. The second-order valence-corrected chi connectivity index (χ2v) is 6.46. The lowest BCUT2D eigenvalue weighted by Gasteiger charge is -2.04. The van der Waals surface area contributed by atoms with Crippen molar-refractivity contribution in [3.63, 3.8) is 0 Å². The van der Waals surface area contributed by atoms with Crippen molar-refractivity contribution in [3.05, 3.63) is 75.6 Å². The average molecular weight is 372 g/mol. The summed E-state index contributed by atoms with van der Waals surface area (Å²) in [4.78, 5) is 12.6. The largest absolute Gasteiger partial charge is 0.486 e. The summed E-state index contributed by atoms with van der Waals surface area (Å²) in [5, 5.41) is 3.47. The summed E-state index contributed by atoms with van der Waals surface area (Å²) >= 11 is 0.939. The van der Waals surface area contributed by atoms with Crippen molar-refractivity contribution in [1.29, 1.82) is 0 Å². The molecule has 0 saturated carbocycles. The maximum Gasteiger partial charge on any atom is 0.307 e. The molecule has 1 aromatic carbocycles. The zero-order valence-corrected chi connectivity index (χ0v) is 14.9. The number of furan rings is 1. The molecule has 1 amide bonds. The Kier molecular flexibility index (Phi) is 5.80. The van der Waals surface area contributed by atoms with Gasteiger partial charge in [0.25, 0.3) is 0 Å². The van der Waals surface area contributed by atoms with Crippen LogP contribution < -0.4 is 10.2 Å². The van der Waals surface area contributed by atoms with E-state index in [2.05, 4.69) is 17.5 Å². The number of rotatable bonds is 7. The summed E-state index contributed by atoms with van der Waals surface area (Å²) in [6.07, 6.45) is 2.35.